The zero-order valence-electron chi connectivity index (χ0n) is 27.5. The number of nitrogens with one attached hydrogen (secondary N) is 1. The summed E-state index contributed by atoms with van der Waals surface area (Å²) >= 11 is 0. The third-order valence-corrected chi connectivity index (χ3v) is 8.78. The lowest BCUT2D eigenvalue weighted by molar-refractivity contribution is -0.147. The summed E-state index contributed by atoms with van der Waals surface area (Å²) in [4.78, 5) is 17.6. The maximum atomic E-state index is 11.5. The van der Waals surface area contributed by atoms with E-state index in [1.807, 2.05) is 38.1 Å². The molecule has 7 N–H and O–H groups in total. The van der Waals surface area contributed by atoms with Gasteiger partial charge in [-0.25, -0.2) is 0 Å². The van der Waals surface area contributed by atoms with E-state index < -0.39 is 18.3 Å². The van der Waals surface area contributed by atoms with Crippen molar-refractivity contribution in [2.24, 2.45) is 11.8 Å². The van der Waals surface area contributed by atoms with Gasteiger partial charge in [0.25, 0.3) is 5.62 Å². The summed E-state index contributed by atoms with van der Waals surface area (Å²) in [6, 6.07) is 11.7. The van der Waals surface area contributed by atoms with Crippen LogP contribution in [0.4, 0.5) is 11.6 Å². The van der Waals surface area contributed by atoms with E-state index in [4.69, 9.17) is 15.9 Å². The molecule has 5 atom stereocenters. The number of nitrogens with zero attached hydrogens (tertiary/aromatic N) is 3. The van der Waals surface area contributed by atoms with Gasteiger partial charge in [0.1, 0.15) is 11.6 Å². The molecule has 1 saturated carbocycles. The summed E-state index contributed by atoms with van der Waals surface area (Å²) in [6.07, 6.45) is 12.1. The van der Waals surface area contributed by atoms with Gasteiger partial charge in [-0.3, -0.25) is 10.2 Å². The van der Waals surface area contributed by atoms with Crippen molar-refractivity contribution in [2.75, 3.05) is 23.7 Å². The molecule has 2 aliphatic rings. The Kier molecular flexibility index (Phi) is 15.5. The molecule has 11 nitrogen and oxygen atoms in total. The number of piperidine rings is 1. The van der Waals surface area contributed by atoms with E-state index in [1.165, 1.54) is 12.0 Å². The number of unbranched alkanes of at least 4 members (excludes halogenated alkanes) is 1. The smallest absolute Gasteiger partial charge is 0.306 e. The second-order valence-corrected chi connectivity index (χ2v) is 12.8. The summed E-state index contributed by atoms with van der Waals surface area (Å²) in [5, 5.41) is 47.8. The first kappa shape index (κ1) is 37.1. The first-order valence-corrected chi connectivity index (χ1v) is 16.9. The normalized spacial score (nSPS) is 22.1. The standard InChI is InChI=1S/C26H40O5.C9H15N5O/c1-19(2)31-26(30)13-9-4-3-8-12-22-23(25(29)18-24(22)28)17-16-21(27)15-14-20-10-6-5-7-11-20;10-7-6-8(12-9(11)14(7)15)13-4-2-1-3-5-13/h3,5-8,10-11,19,21-25,27-29H,4,9,12-18H2,1-2H3;6,11,15H,1-5,10H2/b8-3-;/t21-,22+,23+,24-,25+;/m0./s1. The van der Waals surface area contributed by atoms with E-state index in [2.05, 4.69) is 28.1 Å². The van der Waals surface area contributed by atoms with E-state index in [0.29, 0.717) is 49.1 Å². The van der Waals surface area contributed by atoms with Crippen LogP contribution in [0.5, 0.6) is 0 Å². The minimum Gasteiger partial charge on any atom is -0.463 e. The number of esters is 1. The van der Waals surface area contributed by atoms with Crippen LogP contribution in [0.3, 0.4) is 0 Å². The number of carbonyl (C=O) groups excluding carboxylic acids is 1. The Balaban J connectivity index is 0.000000318. The number of aryl methyl sites for hydroxylation is 1. The first-order valence-electron chi connectivity index (χ1n) is 16.9. The second kappa shape index (κ2) is 19.3. The highest BCUT2D eigenvalue weighted by atomic mass is 16.5. The van der Waals surface area contributed by atoms with Crippen molar-refractivity contribution < 1.29 is 30.1 Å². The number of aromatic nitrogens is 2. The fourth-order valence-corrected chi connectivity index (χ4v) is 6.26. The minimum absolute atomic E-state index is 0.00652. The molecule has 0 amide bonds. The lowest BCUT2D eigenvalue weighted by atomic mass is 9.85. The predicted molar refractivity (Wildman–Crippen MR) is 178 cm³/mol. The van der Waals surface area contributed by atoms with Crippen LogP contribution < -0.4 is 16.3 Å². The number of aliphatic hydroxyl groups is 3. The number of allylic oxidation sites excluding steroid dienone is 2. The Hall–Kier alpha value is -3.41. The van der Waals surface area contributed by atoms with Crippen LogP contribution in [0.15, 0.2) is 48.6 Å². The highest BCUT2D eigenvalue weighted by molar-refractivity contribution is 5.69. The van der Waals surface area contributed by atoms with Gasteiger partial charge in [-0.2, -0.15) is 4.98 Å². The van der Waals surface area contributed by atoms with Gasteiger partial charge >= 0.3 is 5.97 Å². The molecule has 256 valence electrons. The zero-order valence-corrected chi connectivity index (χ0v) is 27.5. The zero-order chi connectivity index (χ0) is 33.5. The summed E-state index contributed by atoms with van der Waals surface area (Å²) in [5.74, 6) is 0.687. The first-order chi connectivity index (χ1) is 22.0. The quantitative estimate of drug-likeness (QED) is 0.0757. The van der Waals surface area contributed by atoms with Crippen LogP contribution >= 0.6 is 0 Å². The molecule has 0 radical (unpaired) electrons. The van der Waals surface area contributed by atoms with Crippen molar-refractivity contribution in [1.82, 2.24) is 9.71 Å². The largest absolute Gasteiger partial charge is 0.463 e. The number of hydrogen-bond acceptors (Lipinski definition) is 10. The highest BCUT2D eigenvalue weighted by Crippen LogP contribution is 2.38. The predicted octanol–water partition coefficient (Wildman–Crippen LogP) is 4.36. The molecule has 2 heterocycles. The van der Waals surface area contributed by atoms with Crippen molar-refractivity contribution in [3.8, 4) is 0 Å². The monoisotopic (exact) mass is 641 g/mol. The third kappa shape index (κ3) is 12.4. The van der Waals surface area contributed by atoms with Gasteiger partial charge in [0.15, 0.2) is 0 Å². The summed E-state index contributed by atoms with van der Waals surface area (Å²) < 4.78 is 5.70. The summed E-state index contributed by atoms with van der Waals surface area (Å²) in [7, 11) is 0. The van der Waals surface area contributed by atoms with Gasteiger partial charge in [-0.1, -0.05) is 42.5 Å². The second-order valence-electron chi connectivity index (χ2n) is 12.8. The van der Waals surface area contributed by atoms with Crippen LogP contribution in [0.2, 0.25) is 0 Å². The Morgan fingerprint density at radius 1 is 1.09 bits per heavy atom. The highest BCUT2D eigenvalue weighted by Gasteiger charge is 2.40. The van der Waals surface area contributed by atoms with Crippen LogP contribution in [0.25, 0.3) is 0 Å². The average molecular weight is 642 g/mol. The molecule has 4 rings (SSSR count). The van der Waals surface area contributed by atoms with Crippen molar-refractivity contribution in [3.05, 3.63) is 59.7 Å². The van der Waals surface area contributed by atoms with Crippen LogP contribution in [0.1, 0.15) is 90.0 Å². The number of hydrogen-bond donors (Lipinski definition) is 6. The van der Waals surface area contributed by atoms with Gasteiger partial charge < -0.3 is 35.9 Å². The number of carbonyl (C=O) groups is 1. The summed E-state index contributed by atoms with van der Waals surface area (Å²) in [5.41, 5.74) is 6.55. The molecular weight excluding hydrogens is 586 g/mol. The van der Waals surface area contributed by atoms with E-state index >= 15 is 0 Å². The molecule has 0 bridgehead atoms. The summed E-state index contributed by atoms with van der Waals surface area (Å²) in [6.45, 7) is 5.58. The van der Waals surface area contributed by atoms with Crippen molar-refractivity contribution in [1.29, 1.82) is 5.41 Å². The molecule has 11 heteroatoms. The number of ether oxygens (including phenoxy) is 1. The van der Waals surface area contributed by atoms with Gasteiger partial charge in [0.2, 0.25) is 0 Å². The Bertz CT molecular complexity index is 1260. The minimum atomic E-state index is -0.513. The van der Waals surface area contributed by atoms with Crippen molar-refractivity contribution in [3.63, 3.8) is 0 Å². The lowest BCUT2D eigenvalue weighted by Gasteiger charge is -2.27. The average Bonchev–Trinajstić information content (AvgIpc) is 3.31. The lowest BCUT2D eigenvalue weighted by Crippen LogP contribution is -2.33. The molecule has 0 spiro atoms. The molecule has 1 aliphatic carbocycles. The van der Waals surface area contributed by atoms with Crippen molar-refractivity contribution in [2.45, 2.75) is 115 Å². The number of aliphatic hydroxyl groups excluding tert-OH is 3. The molecule has 1 aliphatic heterocycles. The van der Waals surface area contributed by atoms with E-state index in [-0.39, 0.29) is 35.3 Å². The van der Waals surface area contributed by atoms with Gasteiger partial charge in [0, 0.05) is 25.6 Å². The molecule has 1 saturated heterocycles. The Labute approximate surface area is 273 Å². The van der Waals surface area contributed by atoms with Crippen molar-refractivity contribution >= 4 is 17.6 Å². The molecule has 0 unspecified atom stereocenters. The molecule has 1 aromatic heterocycles. The number of rotatable bonds is 14. The molecule has 2 fully saturated rings. The molecular formula is C35H55N5O6. The number of nitrogen functional groups attached to an aromatic ring is 1. The van der Waals surface area contributed by atoms with Gasteiger partial charge in [-0.15, -0.1) is 4.73 Å². The maximum Gasteiger partial charge on any atom is 0.306 e. The number of benzene rings is 1. The fourth-order valence-electron chi connectivity index (χ4n) is 6.26. The number of nitrogens with two attached hydrogens (primary N) is 1. The fraction of sp³-hybridized carbons (Fsp3) is 0.629. The SMILES string of the molecule is CC(C)OC(=O)CCC/C=C\C[C@@H]1[C@@H](CC[C@@H](O)CCc2ccccc2)[C@H](O)C[C@@H]1O.N=c1nc(N2CCCCC2)cc(N)n1O. The van der Waals surface area contributed by atoms with Gasteiger partial charge in [-0.05, 0) is 102 Å². The third-order valence-electron chi connectivity index (χ3n) is 8.78. The molecule has 1 aromatic carbocycles. The Morgan fingerprint density at radius 2 is 1.78 bits per heavy atom. The van der Waals surface area contributed by atoms with E-state index in [0.717, 1.165) is 45.2 Å². The molecule has 46 heavy (non-hydrogen) atoms. The molecule has 2 aromatic rings. The van der Waals surface area contributed by atoms with Gasteiger partial charge in [0.05, 0.1) is 24.4 Å². The van der Waals surface area contributed by atoms with E-state index in [1.54, 1.807) is 6.07 Å². The van der Waals surface area contributed by atoms with Crippen LogP contribution in [-0.2, 0) is 16.0 Å². The Morgan fingerprint density at radius 3 is 2.46 bits per heavy atom. The van der Waals surface area contributed by atoms with E-state index in [9.17, 15) is 25.3 Å². The van der Waals surface area contributed by atoms with Crippen LogP contribution in [-0.4, -0.2) is 73.7 Å². The van der Waals surface area contributed by atoms with Crippen LogP contribution in [0, 0.1) is 17.2 Å². The maximum absolute atomic E-state index is 11.5. The topological polar surface area (TPSA) is 178 Å². The number of anilines is 2.